The molecular weight excluding hydrogens is 587 g/mol. The molecule has 2 aromatic rings. The van der Waals surface area contributed by atoms with Crippen LogP contribution in [0, 0.1) is 0 Å². The van der Waals surface area contributed by atoms with Crippen LogP contribution in [-0.4, -0.2) is 152 Å². The third-order valence-electron chi connectivity index (χ3n) is 5.69. The topological polar surface area (TPSA) is 312 Å². The monoisotopic (exact) mass is 612 g/mol. The molecule has 10 N–H and O–H groups in total. The zero-order valence-electron chi connectivity index (χ0n) is 20.0. The molecule has 39 heavy (non-hydrogen) atoms. The molecule has 0 spiro atoms. The van der Waals surface area contributed by atoms with Crippen LogP contribution in [0.2, 0.25) is 0 Å². The SMILES string of the molecule is Nc1ncnc2c1ncn2[C@@H]1O[C@H](COP(=O)(O)OP(=O)(O)O[C@@H]2O[C@H](CO)[C@@H](O)[C@H](O)[C@H]2O)[C@@H](O)[C@H]1O.[Na]. The van der Waals surface area contributed by atoms with Gasteiger partial charge in [-0.2, -0.15) is 4.31 Å². The molecule has 0 amide bonds. The minimum atomic E-state index is -5.56. The predicted molar refractivity (Wildman–Crippen MR) is 123 cm³/mol. The number of nitrogens with zero attached hydrogens (tertiary/aromatic N) is 4. The maximum atomic E-state index is 12.3. The van der Waals surface area contributed by atoms with E-state index in [4.69, 9.17) is 20.3 Å². The van der Waals surface area contributed by atoms with E-state index < -0.39 is 84.1 Å². The Morgan fingerprint density at radius 3 is 2.26 bits per heavy atom. The van der Waals surface area contributed by atoms with Gasteiger partial charge in [-0.15, -0.1) is 0 Å². The zero-order chi connectivity index (χ0) is 28.0. The average molecular weight is 612 g/mol. The number of ether oxygens (including phenoxy) is 2. The number of anilines is 1. The quantitative estimate of drug-likeness (QED) is 0.0955. The number of rotatable bonds is 9. The van der Waals surface area contributed by atoms with Crippen molar-refractivity contribution in [2.75, 3.05) is 18.9 Å². The molecule has 2 aliphatic rings. The van der Waals surface area contributed by atoms with Crippen LogP contribution in [0.25, 0.3) is 11.2 Å². The van der Waals surface area contributed by atoms with E-state index in [0.29, 0.717) is 0 Å². The molecule has 0 bridgehead atoms. The van der Waals surface area contributed by atoms with Crippen molar-refractivity contribution < 1.29 is 72.4 Å². The van der Waals surface area contributed by atoms with Gasteiger partial charge in [-0.3, -0.25) is 13.6 Å². The standard InChI is InChI=1S/C16H25N5O15P2.Na/c17-13-7-14(19-3-18-13)21(4-20-7)15-11(26)9(24)6(33-15)2-32-37(28,29)36-38(30,31)35-16-12(27)10(25)8(23)5(1-22)34-16;/h3-6,8-12,15-16,22-27H,1-2H2,(H,28,29)(H,30,31)(H2,17,18,19);/t5-,6-,8-,9-,10+,11-,12-,15-,16+;/m1./s1. The largest absolute Gasteiger partial charge is 0.483 e. The second kappa shape index (κ2) is 12.7. The molecular formula is C16H25N5NaO15P2. The van der Waals surface area contributed by atoms with Crippen LogP contribution in [-0.2, 0) is 32.0 Å². The van der Waals surface area contributed by atoms with E-state index in [-0.39, 0.29) is 46.5 Å². The van der Waals surface area contributed by atoms with Crippen molar-refractivity contribution in [3.05, 3.63) is 12.7 Å². The number of phosphoric ester groups is 2. The summed E-state index contributed by atoms with van der Waals surface area (Å²) in [4.78, 5) is 31.5. The first-order valence-corrected chi connectivity index (χ1v) is 13.7. The van der Waals surface area contributed by atoms with Crippen molar-refractivity contribution in [2.24, 2.45) is 0 Å². The first-order chi connectivity index (χ1) is 17.7. The Hall–Kier alpha value is -0.710. The number of fused-ring (bicyclic) bond motifs is 1. The van der Waals surface area contributed by atoms with E-state index in [9.17, 15) is 44.4 Å². The van der Waals surface area contributed by atoms with Crippen LogP contribution in [0.3, 0.4) is 0 Å². The second-order valence-electron chi connectivity index (χ2n) is 8.25. The molecule has 20 nitrogen and oxygen atoms in total. The van der Waals surface area contributed by atoms with Gasteiger partial charge in [-0.05, 0) is 0 Å². The average Bonchev–Trinajstić information content (AvgIpc) is 3.39. The number of nitrogens with two attached hydrogens (primary N) is 1. The minimum Gasteiger partial charge on any atom is -0.394 e. The Labute approximate surface area is 240 Å². The van der Waals surface area contributed by atoms with Gasteiger partial charge in [0.1, 0.15) is 54.6 Å². The van der Waals surface area contributed by atoms with Crippen LogP contribution in [0.4, 0.5) is 5.82 Å². The van der Waals surface area contributed by atoms with Gasteiger partial charge in [0.05, 0.1) is 19.5 Å². The van der Waals surface area contributed by atoms with E-state index in [1.54, 1.807) is 0 Å². The van der Waals surface area contributed by atoms with E-state index >= 15 is 0 Å². The summed E-state index contributed by atoms with van der Waals surface area (Å²) in [6, 6.07) is 0. The van der Waals surface area contributed by atoms with Gasteiger partial charge in [0, 0.05) is 29.6 Å². The number of nitrogen functional groups attached to an aromatic ring is 1. The molecule has 2 aromatic heterocycles. The number of hydrogen-bond donors (Lipinski definition) is 9. The molecule has 4 heterocycles. The summed E-state index contributed by atoms with van der Waals surface area (Å²) in [7, 11) is -11.0. The summed E-state index contributed by atoms with van der Waals surface area (Å²) < 4.78 is 49.3. The number of aliphatic hydroxyl groups is 6. The molecule has 2 aliphatic heterocycles. The fourth-order valence-corrected chi connectivity index (χ4v) is 5.94. The summed E-state index contributed by atoms with van der Waals surface area (Å²) in [5.41, 5.74) is 6.05. The fourth-order valence-electron chi connectivity index (χ4n) is 3.78. The predicted octanol–water partition coefficient (Wildman–Crippen LogP) is -4.30. The Bertz CT molecular complexity index is 1240. The molecule has 23 heteroatoms. The summed E-state index contributed by atoms with van der Waals surface area (Å²) in [6.45, 7) is -1.82. The molecule has 4 rings (SSSR count). The van der Waals surface area contributed by atoms with Crippen LogP contribution >= 0.6 is 15.6 Å². The number of phosphoric acid groups is 2. The van der Waals surface area contributed by atoms with Gasteiger partial charge in [0.25, 0.3) is 0 Å². The molecule has 2 unspecified atom stereocenters. The van der Waals surface area contributed by atoms with Crippen molar-refractivity contribution in [1.29, 1.82) is 0 Å². The van der Waals surface area contributed by atoms with Crippen molar-refractivity contribution >= 4 is 62.2 Å². The molecule has 0 aliphatic carbocycles. The first kappa shape index (κ1) is 32.8. The van der Waals surface area contributed by atoms with E-state index in [1.807, 2.05) is 0 Å². The van der Waals surface area contributed by atoms with Gasteiger partial charge in [0.15, 0.2) is 24.0 Å². The van der Waals surface area contributed by atoms with Crippen molar-refractivity contribution in [3.8, 4) is 0 Å². The van der Waals surface area contributed by atoms with E-state index in [2.05, 4.69) is 28.3 Å². The minimum absolute atomic E-state index is 0. The van der Waals surface area contributed by atoms with Gasteiger partial charge >= 0.3 is 15.6 Å². The van der Waals surface area contributed by atoms with Crippen LogP contribution in [0.1, 0.15) is 6.23 Å². The third-order valence-corrected chi connectivity index (χ3v) is 8.29. The number of aliphatic hydroxyl groups excluding tert-OH is 6. The van der Waals surface area contributed by atoms with Crippen LogP contribution < -0.4 is 5.73 Å². The Morgan fingerprint density at radius 2 is 1.59 bits per heavy atom. The fraction of sp³-hybridized carbons (Fsp3) is 0.688. The number of aromatic nitrogens is 4. The molecule has 2 fully saturated rings. The normalized spacial score (nSPS) is 36.3. The summed E-state index contributed by atoms with van der Waals surface area (Å²) in [5, 5.41) is 59.2. The molecule has 1 radical (unpaired) electrons. The van der Waals surface area contributed by atoms with Gasteiger partial charge in [-0.25, -0.2) is 24.1 Å². The number of imidazole rings is 1. The maximum Gasteiger partial charge on any atom is 0.483 e. The summed E-state index contributed by atoms with van der Waals surface area (Å²) in [5.74, 6) is 0.0411. The van der Waals surface area contributed by atoms with Crippen LogP contribution in [0.15, 0.2) is 12.7 Å². The van der Waals surface area contributed by atoms with Gasteiger partial charge in [-0.1, -0.05) is 0 Å². The van der Waals surface area contributed by atoms with E-state index in [1.165, 1.54) is 10.9 Å². The summed E-state index contributed by atoms with van der Waals surface area (Å²) in [6.07, 6.45) is -13.3. The second-order valence-corrected chi connectivity index (χ2v) is 11.2. The van der Waals surface area contributed by atoms with Crippen LogP contribution in [0.5, 0.6) is 0 Å². The number of hydrogen-bond acceptors (Lipinski definition) is 17. The van der Waals surface area contributed by atoms with Crippen molar-refractivity contribution in [1.82, 2.24) is 19.5 Å². The smallest absolute Gasteiger partial charge is 0.394 e. The Morgan fingerprint density at radius 1 is 0.923 bits per heavy atom. The molecule has 0 saturated carbocycles. The van der Waals surface area contributed by atoms with Gasteiger partial charge < -0.3 is 55.6 Å². The third kappa shape index (κ3) is 7.03. The van der Waals surface area contributed by atoms with Crippen molar-refractivity contribution in [3.63, 3.8) is 0 Å². The molecule has 11 atom stereocenters. The molecule has 215 valence electrons. The molecule has 0 aromatic carbocycles. The van der Waals surface area contributed by atoms with E-state index in [0.717, 1.165) is 6.33 Å². The summed E-state index contributed by atoms with van der Waals surface area (Å²) >= 11 is 0. The Balaban J connectivity index is 0.00000420. The van der Waals surface area contributed by atoms with Gasteiger partial charge in [0.2, 0.25) is 0 Å². The van der Waals surface area contributed by atoms with Crippen molar-refractivity contribution in [2.45, 2.75) is 55.2 Å². The zero-order valence-corrected chi connectivity index (χ0v) is 23.7. The molecule has 2 saturated heterocycles. The maximum absolute atomic E-state index is 12.3. The first-order valence-electron chi connectivity index (χ1n) is 10.7. The Kier molecular flexibility index (Phi) is 10.6.